The highest BCUT2D eigenvalue weighted by Gasteiger charge is 2.39. The summed E-state index contributed by atoms with van der Waals surface area (Å²) < 4.78 is 53.0. The van der Waals surface area contributed by atoms with E-state index in [1.165, 1.54) is 23.1 Å². The molecule has 0 saturated carbocycles. The molecule has 0 bridgehead atoms. The van der Waals surface area contributed by atoms with Gasteiger partial charge in [0.25, 0.3) is 5.91 Å². The molecule has 6 rings (SSSR count). The second-order valence-electron chi connectivity index (χ2n) is 15.6. The fourth-order valence-electron chi connectivity index (χ4n) is 8.70. The number of para-hydroxylation sites is 1. The first-order valence-corrected chi connectivity index (χ1v) is 20.5. The topological polar surface area (TPSA) is 138 Å². The standard InChI is InChI=1S/C43H52ClF3N6O6/c1-3-7-33(4-2)58-38(54)27-50-17-10-29(11-18-50)30-12-19-51(20-13-30)40(55)37(26-28-24-34(43(45,46)47)39(48)35(44)25-28)59-42(57)52-21-15-32(16-22-52)53-23-14-31-8-5-6-9-36(31)49-41(53)56/h3-9,24-25,29-30,32,37H,1-2,10-23,26-27,48H2,(H,49,56)/b33-7+/t37-/m1/s1. The van der Waals surface area contributed by atoms with Crippen LogP contribution in [0, 0.1) is 11.8 Å². The lowest BCUT2D eigenvalue weighted by Crippen LogP contribution is -2.52. The van der Waals surface area contributed by atoms with Gasteiger partial charge in [-0.15, -0.1) is 0 Å². The number of allylic oxidation sites excluding steroid dienone is 3. The number of benzene rings is 2. The number of hydrogen-bond donors (Lipinski definition) is 2. The van der Waals surface area contributed by atoms with Crippen molar-refractivity contribution < 1.29 is 41.8 Å². The smallest absolute Gasteiger partial charge is 0.418 e. The molecule has 4 aliphatic heterocycles. The number of ether oxygens (including phenoxy) is 2. The zero-order valence-corrected chi connectivity index (χ0v) is 33.8. The van der Waals surface area contributed by atoms with Crippen LogP contribution in [0.3, 0.4) is 0 Å². The molecule has 4 aliphatic rings. The second kappa shape index (κ2) is 19.4. The van der Waals surface area contributed by atoms with Crippen LogP contribution in [-0.2, 0) is 38.1 Å². The van der Waals surface area contributed by atoms with Gasteiger partial charge in [-0.3, -0.25) is 14.5 Å². The number of urea groups is 1. The quantitative estimate of drug-likeness (QED) is 0.104. The van der Waals surface area contributed by atoms with Crippen molar-refractivity contribution in [3.63, 3.8) is 0 Å². The maximum absolute atomic E-state index is 14.2. The van der Waals surface area contributed by atoms with Crippen LogP contribution in [0.1, 0.15) is 55.2 Å². The average molecular weight is 841 g/mol. The number of hydrogen-bond acceptors (Lipinski definition) is 8. The number of alkyl halides is 3. The molecule has 0 aromatic heterocycles. The molecule has 3 N–H and O–H groups in total. The third kappa shape index (κ3) is 11.0. The summed E-state index contributed by atoms with van der Waals surface area (Å²) in [5, 5.41) is 2.67. The molecular weight excluding hydrogens is 789 g/mol. The van der Waals surface area contributed by atoms with Crippen LogP contribution in [-0.4, -0.2) is 108 Å². The van der Waals surface area contributed by atoms with Crippen molar-refractivity contribution in [1.29, 1.82) is 0 Å². The number of likely N-dealkylation sites (tertiary alicyclic amines) is 3. The molecule has 59 heavy (non-hydrogen) atoms. The Morgan fingerprint density at radius 1 is 0.932 bits per heavy atom. The van der Waals surface area contributed by atoms with E-state index in [0.29, 0.717) is 69.3 Å². The van der Waals surface area contributed by atoms with Crippen molar-refractivity contribution in [2.75, 3.05) is 63.4 Å². The SMILES string of the molecule is C=C/C=C(\C=C)OC(=O)CN1CCC(C2CCN(C(=O)[C@@H](Cc3cc(Cl)c(N)c(C(F)(F)F)c3)OC(=O)N3CCC(N4CCc5ccccc5NC4=O)CC3)CC2)CC1. The predicted molar refractivity (Wildman–Crippen MR) is 218 cm³/mol. The lowest BCUT2D eigenvalue weighted by Gasteiger charge is -2.41. The summed E-state index contributed by atoms with van der Waals surface area (Å²) in [4.78, 5) is 60.4. The lowest BCUT2D eigenvalue weighted by atomic mass is 9.78. The number of anilines is 2. The van der Waals surface area contributed by atoms with Gasteiger partial charge in [-0.05, 0) is 111 Å². The molecule has 2 aromatic rings. The molecule has 2 aromatic carbocycles. The Bertz CT molecular complexity index is 1920. The van der Waals surface area contributed by atoms with Gasteiger partial charge in [0, 0.05) is 50.9 Å². The lowest BCUT2D eigenvalue weighted by molar-refractivity contribution is -0.142. The van der Waals surface area contributed by atoms with E-state index < -0.39 is 35.5 Å². The summed E-state index contributed by atoms with van der Waals surface area (Å²) in [6, 6.07) is 9.45. The highest BCUT2D eigenvalue weighted by atomic mass is 35.5. The second-order valence-corrected chi connectivity index (χ2v) is 16.0. The molecule has 318 valence electrons. The predicted octanol–water partition coefficient (Wildman–Crippen LogP) is 7.29. The summed E-state index contributed by atoms with van der Waals surface area (Å²) >= 11 is 6.15. The first-order valence-electron chi connectivity index (χ1n) is 20.2. The van der Waals surface area contributed by atoms with E-state index in [0.717, 1.165) is 43.2 Å². The summed E-state index contributed by atoms with van der Waals surface area (Å²) in [6.45, 7) is 10.7. The Balaban J connectivity index is 1.06. The maximum atomic E-state index is 14.2. The molecule has 4 amide bonds. The molecule has 4 heterocycles. The molecular formula is C43H52ClF3N6O6. The van der Waals surface area contributed by atoms with Crippen molar-refractivity contribution >= 4 is 47.0 Å². The van der Waals surface area contributed by atoms with Gasteiger partial charge in [-0.1, -0.05) is 49.0 Å². The van der Waals surface area contributed by atoms with E-state index >= 15 is 0 Å². The van der Waals surface area contributed by atoms with Gasteiger partial charge in [-0.25, -0.2) is 9.59 Å². The summed E-state index contributed by atoms with van der Waals surface area (Å²) in [5.74, 6) is 0.214. The number of piperidine rings is 3. The molecule has 0 aliphatic carbocycles. The van der Waals surface area contributed by atoms with Gasteiger partial charge in [-0.2, -0.15) is 13.2 Å². The zero-order valence-electron chi connectivity index (χ0n) is 33.1. The molecule has 12 nitrogen and oxygen atoms in total. The fourth-order valence-corrected chi connectivity index (χ4v) is 8.94. The van der Waals surface area contributed by atoms with Gasteiger partial charge in [0.2, 0.25) is 0 Å². The number of nitrogens with one attached hydrogen (secondary N) is 1. The van der Waals surface area contributed by atoms with Crippen LogP contribution in [0.5, 0.6) is 0 Å². The van der Waals surface area contributed by atoms with Gasteiger partial charge < -0.3 is 35.2 Å². The third-order valence-corrected chi connectivity index (χ3v) is 12.3. The van der Waals surface area contributed by atoms with Crippen LogP contribution < -0.4 is 11.1 Å². The number of amides is 4. The fraction of sp³-hybridized carbons (Fsp3) is 0.488. The molecule has 3 fully saturated rings. The average Bonchev–Trinajstić information content (AvgIpc) is 3.39. The van der Waals surface area contributed by atoms with E-state index in [1.807, 2.05) is 24.3 Å². The number of carbonyl (C=O) groups is 4. The maximum Gasteiger partial charge on any atom is 0.418 e. The molecule has 0 spiro atoms. The highest BCUT2D eigenvalue weighted by molar-refractivity contribution is 6.33. The highest BCUT2D eigenvalue weighted by Crippen LogP contribution is 2.39. The van der Waals surface area contributed by atoms with Crippen LogP contribution in [0.2, 0.25) is 5.02 Å². The van der Waals surface area contributed by atoms with Gasteiger partial charge in [0.05, 0.1) is 22.8 Å². The third-order valence-electron chi connectivity index (χ3n) is 12.0. The van der Waals surface area contributed by atoms with E-state index in [2.05, 4.69) is 23.4 Å². The van der Waals surface area contributed by atoms with Gasteiger partial charge in [0.1, 0.15) is 5.76 Å². The number of rotatable bonds is 11. The molecule has 0 unspecified atom stereocenters. The largest absolute Gasteiger partial charge is 0.436 e. The minimum atomic E-state index is -4.80. The molecule has 3 saturated heterocycles. The number of nitrogens with two attached hydrogens (primary N) is 1. The Labute approximate surface area is 347 Å². The number of carbonyl (C=O) groups excluding carboxylic acids is 4. The summed E-state index contributed by atoms with van der Waals surface area (Å²) in [5.41, 5.74) is 5.81. The number of fused-ring (bicyclic) bond motifs is 1. The minimum absolute atomic E-state index is 0.0533. The van der Waals surface area contributed by atoms with Crippen LogP contribution in [0.4, 0.5) is 34.1 Å². The number of nitrogen functional groups attached to an aromatic ring is 1. The first-order chi connectivity index (χ1) is 28.2. The zero-order chi connectivity index (χ0) is 42.3. The van der Waals surface area contributed by atoms with E-state index in [4.69, 9.17) is 26.8 Å². The van der Waals surface area contributed by atoms with Crippen molar-refractivity contribution in [3.05, 3.63) is 95.3 Å². The van der Waals surface area contributed by atoms with Gasteiger partial charge >= 0.3 is 24.3 Å². The van der Waals surface area contributed by atoms with Gasteiger partial charge in [0.15, 0.2) is 6.10 Å². The Morgan fingerprint density at radius 3 is 2.22 bits per heavy atom. The van der Waals surface area contributed by atoms with Crippen molar-refractivity contribution in [3.8, 4) is 0 Å². The van der Waals surface area contributed by atoms with Crippen LogP contribution in [0.25, 0.3) is 0 Å². The minimum Gasteiger partial charge on any atom is -0.436 e. The summed E-state index contributed by atoms with van der Waals surface area (Å²) in [6.07, 6.45) is 2.09. The van der Waals surface area contributed by atoms with E-state index in [9.17, 15) is 32.3 Å². The first kappa shape index (κ1) is 43.6. The normalized spacial score (nSPS) is 19.6. The monoisotopic (exact) mass is 840 g/mol. The Hall–Kier alpha value is -5.02. The summed E-state index contributed by atoms with van der Waals surface area (Å²) in [7, 11) is 0. The number of esters is 1. The van der Waals surface area contributed by atoms with Crippen molar-refractivity contribution in [2.24, 2.45) is 11.8 Å². The molecule has 16 heteroatoms. The molecule has 0 radical (unpaired) electrons. The Morgan fingerprint density at radius 2 is 1.58 bits per heavy atom. The Kier molecular flexibility index (Phi) is 14.3. The van der Waals surface area contributed by atoms with Crippen molar-refractivity contribution in [1.82, 2.24) is 19.6 Å². The van der Waals surface area contributed by atoms with E-state index in [1.54, 1.807) is 15.9 Å². The molecule has 1 atom stereocenters. The van der Waals surface area contributed by atoms with Crippen LogP contribution >= 0.6 is 11.6 Å². The van der Waals surface area contributed by atoms with Crippen LogP contribution in [0.15, 0.2) is 73.5 Å². The van der Waals surface area contributed by atoms with E-state index in [-0.39, 0.29) is 54.7 Å². The van der Waals surface area contributed by atoms with Crippen molar-refractivity contribution in [2.45, 2.75) is 69.7 Å². The number of halogens is 4. The number of nitrogens with zero attached hydrogens (tertiary/aromatic N) is 4.